The van der Waals surface area contributed by atoms with Crippen LogP contribution >= 0.6 is 0 Å². The van der Waals surface area contributed by atoms with Crippen LogP contribution in [0, 0.1) is 23.7 Å². The predicted octanol–water partition coefficient (Wildman–Crippen LogP) is 4.91. The number of hydrogen-bond donors (Lipinski definition) is 0. The van der Waals surface area contributed by atoms with Gasteiger partial charge in [0.1, 0.15) is 0 Å². The van der Waals surface area contributed by atoms with Crippen LogP contribution in [-0.4, -0.2) is 0 Å². The summed E-state index contributed by atoms with van der Waals surface area (Å²) in [5.41, 5.74) is 1.80. The molecular weight excluding hydrogens is 192 g/mol. The van der Waals surface area contributed by atoms with Crippen LogP contribution in [0.15, 0.2) is 11.6 Å². The molecule has 2 saturated carbocycles. The van der Waals surface area contributed by atoms with Gasteiger partial charge in [-0.05, 0) is 43.4 Å². The zero-order valence-corrected chi connectivity index (χ0v) is 10.7. The molecule has 0 aromatic carbocycles. The van der Waals surface area contributed by atoms with Crippen LogP contribution in [0.3, 0.4) is 0 Å². The van der Waals surface area contributed by atoms with Gasteiger partial charge in [-0.1, -0.05) is 50.7 Å². The van der Waals surface area contributed by atoms with E-state index in [0.29, 0.717) is 0 Å². The Balaban J connectivity index is 1.49. The molecule has 0 saturated heterocycles. The Morgan fingerprint density at radius 2 is 1.50 bits per heavy atom. The molecule has 1 radical (unpaired) electrons. The fourth-order valence-corrected chi connectivity index (χ4v) is 3.82. The third-order valence-electron chi connectivity index (χ3n) is 5.06. The molecule has 3 aliphatic rings. The fraction of sp³-hybridized carbons (Fsp3) is 0.812. The first-order valence-electron chi connectivity index (χ1n) is 7.43. The first-order valence-corrected chi connectivity index (χ1v) is 7.43. The predicted molar refractivity (Wildman–Crippen MR) is 69.0 cm³/mol. The van der Waals surface area contributed by atoms with Gasteiger partial charge in [-0.15, -0.1) is 0 Å². The molecule has 0 atom stereocenters. The topological polar surface area (TPSA) is 0 Å². The van der Waals surface area contributed by atoms with Crippen molar-refractivity contribution in [3.63, 3.8) is 0 Å². The van der Waals surface area contributed by atoms with Gasteiger partial charge < -0.3 is 0 Å². The molecule has 0 nitrogen and oxygen atoms in total. The van der Waals surface area contributed by atoms with E-state index in [1.807, 2.05) is 0 Å². The smallest absolute Gasteiger partial charge is 0.0256 e. The number of hydrogen-bond acceptors (Lipinski definition) is 0. The molecule has 0 spiro atoms. The molecule has 0 heteroatoms. The van der Waals surface area contributed by atoms with Gasteiger partial charge in [0, 0.05) is 5.92 Å². The van der Waals surface area contributed by atoms with Gasteiger partial charge in [0.15, 0.2) is 0 Å². The van der Waals surface area contributed by atoms with Gasteiger partial charge in [0.05, 0.1) is 0 Å². The molecule has 0 aliphatic heterocycles. The summed E-state index contributed by atoms with van der Waals surface area (Å²) in [6.07, 6.45) is 15.9. The van der Waals surface area contributed by atoms with E-state index in [9.17, 15) is 0 Å². The largest absolute Gasteiger partial charge is 0.0724 e. The molecule has 0 bridgehead atoms. The van der Waals surface area contributed by atoms with Gasteiger partial charge >= 0.3 is 0 Å². The molecule has 0 heterocycles. The highest BCUT2D eigenvalue weighted by Gasteiger charge is 2.39. The van der Waals surface area contributed by atoms with Crippen LogP contribution in [-0.2, 0) is 0 Å². The second-order valence-corrected chi connectivity index (χ2v) is 6.35. The molecule has 2 fully saturated rings. The average molecular weight is 217 g/mol. The van der Waals surface area contributed by atoms with Gasteiger partial charge in [-0.25, -0.2) is 0 Å². The average Bonchev–Trinajstić information content (AvgIpc) is 3.11. The van der Waals surface area contributed by atoms with Gasteiger partial charge in [-0.2, -0.15) is 0 Å². The zero-order valence-electron chi connectivity index (χ0n) is 10.7. The highest BCUT2D eigenvalue weighted by Crippen LogP contribution is 2.51. The Hall–Kier alpha value is -0.260. The molecule has 0 N–H and O–H groups in total. The van der Waals surface area contributed by atoms with Gasteiger partial charge in [0.2, 0.25) is 0 Å². The first-order chi connectivity index (χ1) is 7.84. The van der Waals surface area contributed by atoms with Gasteiger partial charge in [0.25, 0.3) is 0 Å². The van der Waals surface area contributed by atoms with E-state index in [1.165, 1.54) is 57.8 Å². The maximum Gasteiger partial charge on any atom is 0.0256 e. The van der Waals surface area contributed by atoms with E-state index in [4.69, 9.17) is 0 Å². The Morgan fingerprint density at radius 1 is 0.812 bits per heavy atom. The van der Waals surface area contributed by atoms with Crippen molar-refractivity contribution in [3.8, 4) is 0 Å². The van der Waals surface area contributed by atoms with Crippen LogP contribution in [0.1, 0.15) is 64.7 Å². The first kappa shape index (κ1) is 10.9. The lowest BCUT2D eigenvalue weighted by atomic mass is 9.77. The summed E-state index contributed by atoms with van der Waals surface area (Å²) >= 11 is 0. The SMILES string of the molecule is CC1CCC([C]2C=C2C2CCCCC2)CC1. The van der Waals surface area contributed by atoms with E-state index in [1.54, 1.807) is 11.5 Å². The van der Waals surface area contributed by atoms with Crippen molar-refractivity contribution in [2.45, 2.75) is 64.7 Å². The second-order valence-electron chi connectivity index (χ2n) is 6.35. The molecule has 16 heavy (non-hydrogen) atoms. The van der Waals surface area contributed by atoms with E-state index in [-0.39, 0.29) is 0 Å². The summed E-state index contributed by atoms with van der Waals surface area (Å²) in [5.74, 6) is 4.74. The van der Waals surface area contributed by atoms with Crippen LogP contribution in [0.4, 0.5) is 0 Å². The lowest BCUT2D eigenvalue weighted by Crippen LogP contribution is -2.16. The third kappa shape index (κ3) is 2.21. The lowest BCUT2D eigenvalue weighted by Gasteiger charge is -2.28. The molecule has 0 amide bonds. The summed E-state index contributed by atoms with van der Waals surface area (Å²) < 4.78 is 0. The van der Waals surface area contributed by atoms with Crippen molar-refractivity contribution < 1.29 is 0 Å². The van der Waals surface area contributed by atoms with E-state index in [2.05, 4.69) is 13.0 Å². The molecule has 89 valence electrons. The van der Waals surface area contributed by atoms with E-state index in [0.717, 1.165) is 17.8 Å². The summed E-state index contributed by atoms with van der Waals surface area (Å²) in [6, 6.07) is 0. The maximum absolute atomic E-state index is 2.55. The summed E-state index contributed by atoms with van der Waals surface area (Å²) in [5, 5.41) is 0. The number of rotatable bonds is 2. The second kappa shape index (κ2) is 4.55. The Morgan fingerprint density at radius 3 is 2.19 bits per heavy atom. The lowest BCUT2D eigenvalue weighted by molar-refractivity contribution is 0.310. The van der Waals surface area contributed by atoms with Crippen molar-refractivity contribution in [3.05, 3.63) is 17.6 Å². The normalized spacial score (nSPS) is 37.2. The minimum absolute atomic E-state index is 0.966. The Kier molecular flexibility index (Phi) is 3.09. The van der Waals surface area contributed by atoms with Crippen LogP contribution < -0.4 is 0 Å². The van der Waals surface area contributed by atoms with E-state index >= 15 is 0 Å². The molecule has 0 unspecified atom stereocenters. The van der Waals surface area contributed by atoms with Crippen LogP contribution in [0.5, 0.6) is 0 Å². The zero-order chi connectivity index (χ0) is 11.0. The Labute approximate surface area is 101 Å². The molecule has 0 aromatic rings. The minimum atomic E-state index is 0.966. The van der Waals surface area contributed by atoms with Crippen LogP contribution in [0.25, 0.3) is 0 Å². The summed E-state index contributed by atoms with van der Waals surface area (Å²) in [7, 11) is 0. The molecular formula is C16H25. The highest BCUT2D eigenvalue weighted by molar-refractivity contribution is 5.53. The molecule has 3 rings (SSSR count). The summed E-state index contributed by atoms with van der Waals surface area (Å²) in [4.78, 5) is 0. The van der Waals surface area contributed by atoms with Crippen molar-refractivity contribution in [1.82, 2.24) is 0 Å². The number of allylic oxidation sites excluding steroid dienone is 2. The maximum atomic E-state index is 2.55. The fourth-order valence-electron chi connectivity index (χ4n) is 3.82. The minimum Gasteiger partial charge on any atom is -0.0724 e. The van der Waals surface area contributed by atoms with Crippen molar-refractivity contribution >= 4 is 0 Å². The quantitative estimate of drug-likeness (QED) is 0.616. The summed E-state index contributed by atoms with van der Waals surface area (Å²) in [6.45, 7) is 2.42. The highest BCUT2D eigenvalue weighted by atomic mass is 14.4. The van der Waals surface area contributed by atoms with Crippen molar-refractivity contribution in [2.24, 2.45) is 17.8 Å². The van der Waals surface area contributed by atoms with Crippen molar-refractivity contribution in [1.29, 1.82) is 0 Å². The monoisotopic (exact) mass is 217 g/mol. The third-order valence-corrected chi connectivity index (χ3v) is 5.06. The van der Waals surface area contributed by atoms with Crippen LogP contribution in [0.2, 0.25) is 0 Å². The molecule has 3 aliphatic carbocycles. The standard InChI is InChI=1S/C16H25/c1-12-7-9-14(10-8-12)16-11-15(16)13-5-3-2-4-6-13/h11-14H,2-10H2,1H3. The van der Waals surface area contributed by atoms with Crippen molar-refractivity contribution in [2.75, 3.05) is 0 Å². The van der Waals surface area contributed by atoms with E-state index < -0.39 is 0 Å². The Bertz CT molecular complexity index is 262. The van der Waals surface area contributed by atoms with Gasteiger partial charge in [-0.3, -0.25) is 0 Å². The molecule has 0 aromatic heterocycles.